The van der Waals surface area contributed by atoms with Crippen LogP contribution in [0.5, 0.6) is 11.5 Å². The van der Waals surface area contributed by atoms with Crippen LogP contribution in [0.3, 0.4) is 0 Å². The van der Waals surface area contributed by atoms with E-state index in [0.29, 0.717) is 12.3 Å². The second-order valence-electron chi connectivity index (χ2n) is 4.38. The lowest BCUT2D eigenvalue weighted by Crippen LogP contribution is -2.37. The van der Waals surface area contributed by atoms with Gasteiger partial charge in [0.25, 0.3) is 5.91 Å². The van der Waals surface area contributed by atoms with Gasteiger partial charge in [0.1, 0.15) is 11.5 Å². The predicted molar refractivity (Wildman–Crippen MR) is 71.1 cm³/mol. The number of methoxy groups -OCH3 is 1. The van der Waals surface area contributed by atoms with E-state index < -0.39 is 0 Å². The SMILES string of the molecule is COc1ccc(O)c(C(=O)N(CCC#N)C(C)C)c1. The van der Waals surface area contributed by atoms with Crippen molar-refractivity contribution in [1.29, 1.82) is 5.26 Å². The molecule has 0 atom stereocenters. The number of phenols is 1. The maximum absolute atomic E-state index is 12.4. The number of amides is 1. The number of hydrogen-bond acceptors (Lipinski definition) is 4. The van der Waals surface area contributed by atoms with Gasteiger partial charge in [-0.25, -0.2) is 0 Å². The first-order valence-corrected chi connectivity index (χ1v) is 6.06. The van der Waals surface area contributed by atoms with Gasteiger partial charge in [0.15, 0.2) is 0 Å². The van der Waals surface area contributed by atoms with Crippen LogP contribution in [0.1, 0.15) is 30.6 Å². The lowest BCUT2D eigenvalue weighted by atomic mass is 10.1. The second kappa shape index (κ2) is 6.64. The van der Waals surface area contributed by atoms with Crippen LogP contribution in [0.15, 0.2) is 18.2 Å². The zero-order valence-corrected chi connectivity index (χ0v) is 11.4. The molecule has 5 heteroatoms. The van der Waals surface area contributed by atoms with Crippen molar-refractivity contribution in [2.75, 3.05) is 13.7 Å². The number of ether oxygens (including phenoxy) is 1. The van der Waals surface area contributed by atoms with Gasteiger partial charge in [0.05, 0.1) is 25.2 Å². The molecule has 0 aliphatic heterocycles. The Morgan fingerprint density at radius 2 is 2.21 bits per heavy atom. The van der Waals surface area contributed by atoms with Crippen molar-refractivity contribution in [2.24, 2.45) is 0 Å². The van der Waals surface area contributed by atoms with E-state index in [1.807, 2.05) is 19.9 Å². The van der Waals surface area contributed by atoms with E-state index in [9.17, 15) is 9.90 Å². The lowest BCUT2D eigenvalue weighted by Gasteiger charge is -2.26. The molecule has 19 heavy (non-hydrogen) atoms. The topological polar surface area (TPSA) is 73.6 Å². The molecule has 0 unspecified atom stereocenters. The number of carbonyl (C=O) groups excluding carboxylic acids is 1. The van der Waals surface area contributed by atoms with Crippen LogP contribution in [-0.4, -0.2) is 35.6 Å². The molecule has 5 nitrogen and oxygen atoms in total. The van der Waals surface area contributed by atoms with Gasteiger partial charge in [0, 0.05) is 12.6 Å². The van der Waals surface area contributed by atoms with E-state index >= 15 is 0 Å². The van der Waals surface area contributed by atoms with Gasteiger partial charge in [-0.05, 0) is 32.0 Å². The summed E-state index contributed by atoms with van der Waals surface area (Å²) in [5.74, 6) is 0.111. The van der Waals surface area contributed by atoms with E-state index in [-0.39, 0.29) is 29.7 Å². The zero-order chi connectivity index (χ0) is 14.4. The number of carbonyl (C=O) groups is 1. The third-order valence-electron chi connectivity index (χ3n) is 2.78. The molecule has 1 N–H and O–H groups in total. The predicted octanol–water partition coefficient (Wildman–Crippen LogP) is 2.17. The number of nitriles is 1. The van der Waals surface area contributed by atoms with Gasteiger partial charge in [0.2, 0.25) is 0 Å². The summed E-state index contributed by atoms with van der Waals surface area (Å²) in [4.78, 5) is 13.9. The first-order chi connectivity index (χ1) is 9.01. The first kappa shape index (κ1) is 14.8. The summed E-state index contributed by atoms with van der Waals surface area (Å²) in [5.41, 5.74) is 0.186. The number of aromatic hydroxyl groups is 1. The molecule has 0 radical (unpaired) electrons. The number of nitrogens with zero attached hydrogens (tertiary/aromatic N) is 2. The summed E-state index contributed by atoms with van der Waals surface area (Å²) in [6.07, 6.45) is 0.259. The highest BCUT2D eigenvalue weighted by Crippen LogP contribution is 2.24. The Morgan fingerprint density at radius 1 is 1.53 bits per heavy atom. The average molecular weight is 262 g/mol. The quantitative estimate of drug-likeness (QED) is 0.882. The molecular weight excluding hydrogens is 244 g/mol. The number of phenolic OH excluding ortho intramolecular Hbond substituents is 1. The third kappa shape index (κ3) is 3.62. The fourth-order valence-electron chi connectivity index (χ4n) is 1.73. The molecule has 0 saturated carbocycles. The van der Waals surface area contributed by atoms with Crippen LogP contribution in [0.25, 0.3) is 0 Å². The molecule has 0 saturated heterocycles. The monoisotopic (exact) mass is 262 g/mol. The Hall–Kier alpha value is -2.22. The summed E-state index contributed by atoms with van der Waals surface area (Å²) >= 11 is 0. The standard InChI is InChI=1S/C14H18N2O3/c1-10(2)16(8-4-7-15)14(18)12-9-11(19-3)5-6-13(12)17/h5-6,9-10,17H,4,8H2,1-3H3. The molecule has 0 aromatic heterocycles. The molecule has 1 amide bonds. The highest BCUT2D eigenvalue weighted by atomic mass is 16.5. The molecule has 0 fully saturated rings. The molecule has 0 aliphatic rings. The summed E-state index contributed by atoms with van der Waals surface area (Å²) in [7, 11) is 1.50. The highest BCUT2D eigenvalue weighted by Gasteiger charge is 2.21. The Bertz CT molecular complexity index is 492. The van der Waals surface area contributed by atoms with Crippen LogP contribution < -0.4 is 4.74 Å². The maximum Gasteiger partial charge on any atom is 0.258 e. The van der Waals surface area contributed by atoms with Crippen molar-refractivity contribution in [3.8, 4) is 17.6 Å². The van der Waals surface area contributed by atoms with Gasteiger partial charge < -0.3 is 14.7 Å². The van der Waals surface area contributed by atoms with E-state index in [1.165, 1.54) is 19.2 Å². The Morgan fingerprint density at radius 3 is 2.74 bits per heavy atom. The van der Waals surface area contributed by atoms with Crippen LogP contribution in [0.2, 0.25) is 0 Å². The van der Waals surface area contributed by atoms with Crippen molar-refractivity contribution in [2.45, 2.75) is 26.3 Å². The molecule has 0 spiro atoms. The summed E-state index contributed by atoms with van der Waals surface area (Å²) < 4.78 is 5.05. The van der Waals surface area contributed by atoms with Gasteiger partial charge >= 0.3 is 0 Å². The molecule has 0 bridgehead atoms. The maximum atomic E-state index is 12.4. The van der Waals surface area contributed by atoms with Crippen molar-refractivity contribution < 1.29 is 14.6 Å². The molecule has 0 heterocycles. The Labute approximate surface area is 113 Å². The highest BCUT2D eigenvalue weighted by molar-refractivity contribution is 5.97. The first-order valence-electron chi connectivity index (χ1n) is 6.06. The van der Waals surface area contributed by atoms with E-state index in [4.69, 9.17) is 10.00 Å². The van der Waals surface area contributed by atoms with Crippen LogP contribution in [0, 0.1) is 11.3 Å². The Kier molecular flexibility index (Phi) is 5.19. The van der Waals surface area contributed by atoms with Crippen molar-refractivity contribution in [3.63, 3.8) is 0 Å². The van der Waals surface area contributed by atoms with E-state index in [0.717, 1.165) is 0 Å². The zero-order valence-electron chi connectivity index (χ0n) is 11.4. The third-order valence-corrected chi connectivity index (χ3v) is 2.78. The fourth-order valence-corrected chi connectivity index (χ4v) is 1.73. The van der Waals surface area contributed by atoms with Gasteiger partial charge in [-0.3, -0.25) is 4.79 Å². The lowest BCUT2D eigenvalue weighted by molar-refractivity contribution is 0.0707. The largest absolute Gasteiger partial charge is 0.507 e. The van der Waals surface area contributed by atoms with Gasteiger partial charge in [-0.15, -0.1) is 0 Å². The van der Waals surface area contributed by atoms with Crippen LogP contribution >= 0.6 is 0 Å². The number of benzene rings is 1. The average Bonchev–Trinajstić information content (AvgIpc) is 2.39. The Balaban J connectivity index is 3.05. The summed E-state index contributed by atoms with van der Waals surface area (Å²) in [6.45, 7) is 4.07. The van der Waals surface area contributed by atoms with Crippen LogP contribution in [-0.2, 0) is 0 Å². The summed E-state index contributed by atoms with van der Waals surface area (Å²) in [5, 5.41) is 18.4. The van der Waals surface area contributed by atoms with Crippen molar-refractivity contribution in [1.82, 2.24) is 4.90 Å². The molecule has 1 aromatic carbocycles. The second-order valence-corrected chi connectivity index (χ2v) is 4.38. The van der Waals surface area contributed by atoms with Gasteiger partial charge in [-0.1, -0.05) is 0 Å². The normalized spacial score (nSPS) is 10.1. The molecule has 0 aliphatic carbocycles. The van der Waals surface area contributed by atoms with Crippen LogP contribution in [0.4, 0.5) is 0 Å². The van der Waals surface area contributed by atoms with Crippen molar-refractivity contribution in [3.05, 3.63) is 23.8 Å². The fraction of sp³-hybridized carbons (Fsp3) is 0.429. The molecule has 1 aromatic rings. The number of hydrogen-bond donors (Lipinski definition) is 1. The van der Waals surface area contributed by atoms with Crippen molar-refractivity contribution >= 4 is 5.91 Å². The minimum Gasteiger partial charge on any atom is -0.507 e. The number of rotatable bonds is 5. The molecule has 102 valence electrons. The van der Waals surface area contributed by atoms with Gasteiger partial charge in [-0.2, -0.15) is 5.26 Å². The van der Waals surface area contributed by atoms with E-state index in [2.05, 4.69) is 0 Å². The molecular formula is C14H18N2O3. The summed E-state index contributed by atoms with van der Waals surface area (Å²) in [6, 6.07) is 6.48. The minimum absolute atomic E-state index is 0.0496. The molecule has 1 rings (SSSR count). The smallest absolute Gasteiger partial charge is 0.258 e. The minimum atomic E-state index is -0.304. The van der Waals surface area contributed by atoms with E-state index in [1.54, 1.807) is 11.0 Å².